The molecule has 2 aromatic rings. The van der Waals surface area contributed by atoms with E-state index in [-0.39, 0.29) is 17.9 Å². The first-order valence-electron chi connectivity index (χ1n) is 9.97. The molecule has 2 amide bonds. The largest absolute Gasteiger partial charge is 0.419 e. The van der Waals surface area contributed by atoms with Crippen molar-refractivity contribution in [3.63, 3.8) is 0 Å². The van der Waals surface area contributed by atoms with Crippen molar-refractivity contribution in [3.05, 3.63) is 35.2 Å². The van der Waals surface area contributed by atoms with E-state index in [1.807, 2.05) is 28.0 Å². The van der Waals surface area contributed by atoms with Crippen LogP contribution in [0.25, 0.3) is 11.5 Å². The van der Waals surface area contributed by atoms with Crippen molar-refractivity contribution in [2.24, 2.45) is 0 Å². The van der Waals surface area contributed by atoms with Gasteiger partial charge in [-0.05, 0) is 25.0 Å². The van der Waals surface area contributed by atoms with Gasteiger partial charge in [-0.15, -0.1) is 10.2 Å². The molecule has 1 aromatic carbocycles. The second-order valence-corrected chi connectivity index (χ2v) is 8.07. The first kappa shape index (κ1) is 19.8. The third-order valence-corrected chi connectivity index (χ3v) is 5.83. The van der Waals surface area contributed by atoms with Gasteiger partial charge in [-0.2, -0.15) is 0 Å². The zero-order chi connectivity index (χ0) is 20.4. The smallest absolute Gasteiger partial charge is 0.278 e. The summed E-state index contributed by atoms with van der Waals surface area (Å²) >= 11 is 6.20. The average molecular weight is 419 g/mol. The van der Waals surface area contributed by atoms with Crippen molar-refractivity contribution in [1.82, 2.24) is 20.0 Å². The Labute approximate surface area is 174 Å². The Bertz CT molecular complexity index is 890. The molecule has 4 rings (SSSR count). The maximum absolute atomic E-state index is 13.0. The Morgan fingerprint density at radius 2 is 1.97 bits per heavy atom. The van der Waals surface area contributed by atoms with E-state index in [9.17, 15) is 9.59 Å². The Hall–Kier alpha value is -2.45. The molecule has 29 heavy (non-hydrogen) atoms. The quantitative estimate of drug-likeness (QED) is 0.743. The van der Waals surface area contributed by atoms with E-state index in [4.69, 9.17) is 16.0 Å². The number of aromatic nitrogens is 2. The monoisotopic (exact) mass is 418 g/mol. The van der Waals surface area contributed by atoms with Gasteiger partial charge < -0.3 is 19.1 Å². The van der Waals surface area contributed by atoms with Gasteiger partial charge in [-0.25, -0.2) is 0 Å². The summed E-state index contributed by atoms with van der Waals surface area (Å²) in [4.78, 5) is 29.3. The molecule has 1 saturated heterocycles. The van der Waals surface area contributed by atoms with E-state index in [0.717, 1.165) is 25.9 Å². The lowest BCUT2D eigenvalue weighted by molar-refractivity contribution is -0.896. The number of carbonyl (C=O) groups is 2. The second kappa shape index (κ2) is 8.51. The molecule has 2 aliphatic rings. The third kappa shape index (κ3) is 4.76. The van der Waals surface area contributed by atoms with Crippen molar-refractivity contribution in [2.45, 2.75) is 32.4 Å². The predicted octanol–water partition coefficient (Wildman–Crippen LogP) is 0.628. The number of halogens is 1. The van der Waals surface area contributed by atoms with Crippen LogP contribution in [0.5, 0.6) is 0 Å². The minimum absolute atomic E-state index is 0.0938. The lowest BCUT2D eigenvalue weighted by Crippen LogP contribution is -3.15. The molecule has 2 heterocycles. The van der Waals surface area contributed by atoms with Crippen molar-refractivity contribution in [3.8, 4) is 11.5 Å². The molecule has 2 fully saturated rings. The Morgan fingerprint density at radius 1 is 1.24 bits per heavy atom. The molecule has 1 aromatic heterocycles. The first-order chi connectivity index (χ1) is 14.0. The van der Waals surface area contributed by atoms with Crippen LogP contribution in [-0.2, 0) is 16.1 Å². The fourth-order valence-electron chi connectivity index (χ4n) is 3.64. The molecule has 154 valence electrons. The van der Waals surface area contributed by atoms with E-state index < -0.39 is 0 Å². The molecule has 1 aliphatic carbocycles. The lowest BCUT2D eigenvalue weighted by atomic mass is 10.2. The van der Waals surface area contributed by atoms with Gasteiger partial charge in [0.15, 0.2) is 6.54 Å². The maximum atomic E-state index is 13.0. The molecule has 0 spiro atoms. The summed E-state index contributed by atoms with van der Waals surface area (Å²) in [5, 5.41) is 8.77. The molecule has 0 atom stereocenters. The van der Waals surface area contributed by atoms with E-state index in [2.05, 4.69) is 10.2 Å². The average Bonchev–Trinajstić information content (AvgIpc) is 3.45. The van der Waals surface area contributed by atoms with Gasteiger partial charge in [-0.3, -0.25) is 9.59 Å². The van der Waals surface area contributed by atoms with Crippen LogP contribution in [-0.4, -0.2) is 70.6 Å². The summed E-state index contributed by atoms with van der Waals surface area (Å²) in [7, 11) is 0. The fraction of sp³-hybridized carbons (Fsp3) is 0.500. The van der Waals surface area contributed by atoms with Gasteiger partial charge in [0.1, 0.15) is 0 Å². The predicted molar refractivity (Wildman–Crippen MR) is 106 cm³/mol. The number of amides is 2. The van der Waals surface area contributed by atoms with Crippen molar-refractivity contribution < 1.29 is 18.9 Å². The number of quaternary nitrogens is 1. The molecule has 0 unspecified atom stereocenters. The molecule has 9 heteroatoms. The SMILES string of the molecule is CC(=O)N1CC[NH+](CC(=O)N(Cc2nnc(-c3ccccc3Cl)o2)C2CC2)CC1. The van der Waals surface area contributed by atoms with Gasteiger partial charge in [0, 0.05) is 13.0 Å². The van der Waals surface area contributed by atoms with E-state index in [1.165, 1.54) is 4.90 Å². The lowest BCUT2D eigenvalue weighted by Gasteiger charge is -2.32. The number of nitrogens with one attached hydrogen (secondary N) is 1. The zero-order valence-corrected chi connectivity index (χ0v) is 17.2. The highest BCUT2D eigenvalue weighted by atomic mass is 35.5. The van der Waals surface area contributed by atoms with Gasteiger partial charge in [0.05, 0.1) is 43.3 Å². The second-order valence-electron chi connectivity index (χ2n) is 7.67. The summed E-state index contributed by atoms with van der Waals surface area (Å²) < 4.78 is 5.79. The Morgan fingerprint density at radius 3 is 2.62 bits per heavy atom. The molecule has 8 nitrogen and oxygen atoms in total. The molecule has 0 bridgehead atoms. The summed E-state index contributed by atoms with van der Waals surface area (Å²) in [5.74, 6) is 0.966. The number of carbonyl (C=O) groups excluding carboxylic acids is 2. The van der Waals surface area contributed by atoms with Crippen molar-refractivity contribution in [1.29, 1.82) is 0 Å². The summed E-state index contributed by atoms with van der Waals surface area (Å²) in [6.07, 6.45) is 2.01. The van der Waals surface area contributed by atoms with E-state index in [0.29, 0.717) is 48.5 Å². The zero-order valence-electron chi connectivity index (χ0n) is 16.4. The molecular formula is C20H25ClN5O3+. The molecule has 0 radical (unpaired) electrons. The number of hydrogen-bond donors (Lipinski definition) is 1. The van der Waals surface area contributed by atoms with Crippen LogP contribution in [0.4, 0.5) is 0 Å². The van der Waals surface area contributed by atoms with E-state index in [1.54, 1.807) is 13.0 Å². The number of benzene rings is 1. The van der Waals surface area contributed by atoms with Gasteiger partial charge in [0.2, 0.25) is 17.7 Å². The molecule has 1 N–H and O–H groups in total. The summed E-state index contributed by atoms with van der Waals surface area (Å²) in [6.45, 7) is 5.31. The van der Waals surface area contributed by atoms with Crippen LogP contribution < -0.4 is 4.90 Å². The molecule has 1 aliphatic heterocycles. The first-order valence-corrected chi connectivity index (χ1v) is 10.3. The van der Waals surface area contributed by atoms with Crippen LogP contribution in [0.1, 0.15) is 25.7 Å². The van der Waals surface area contributed by atoms with Crippen LogP contribution in [0.3, 0.4) is 0 Å². The van der Waals surface area contributed by atoms with E-state index >= 15 is 0 Å². The fourth-order valence-corrected chi connectivity index (χ4v) is 3.86. The highest BCUT2D eigenvalue weighted by Gasteiger charge is 2.36. The van der Waals surface area contributed by atoms with Crippen LogP contribution in [0, 0.1) is 0 Å². The summed E-state index contributed by atoms with van der Waals surface area (Å²) in [5.41, 5.74) is 0.685. The Kier molecular flexibility index (Phi) is 5.82. The number of piperazine rings is 1. The normalized spacial score (nSPS) is 17.4. The molecular weight excluding hydrogens is 394 g/mol. The van der Waals surface area contributed by atoms with Crippen LogP contribution >= 0.6 is 11.6 Å². The summed E-state index contributed by atoms with van der Waals surface area (Å²) in [6, 6.07) is 7.55. The minimum Gasteiger partial charge on any atom is -0.419 e. The van der Waals surface area contributed by atoms with Crippen molar-refractivity contribution >= 4 is 23.4 Å². The highest BCUT2D eigenvalue weighted by molar-refractivity contribution is 6.33. The van der Waals surface area contributed by atoms with Gasteiger partial charge in [-0.1, -0.05) is 23.7 Å². The van der Waals surface area contributed by atoms with Gasteiger partial charge in [0.25, 0.3) is 5.91 Å². The number of rotatable bonds is 6. The topological polar surface area (TPSA) is 84.0 Å². The number of nitrogens with zero attached hydrogens (tertiary/aromatic N) is 4. The van der Waals surface area contributed by atoms with Gasteiger partial charge >= 0.3 is 0 Å². The standard InChI is InChI=1S/C20H24ClN5O3/c1-14(27)25-10-8-24(9-11-25)13-19(28)26(15-6-7-15)12-18-22-23-20(29-18)16-4-2-3-5-17(16)21/h2-5,15H,6-13H2,1H3/p+1. The third-order valence-electron chi connectivity index (χ3n) is 5.50. The molecule has 1 saturated carbocycles. The van der Waals surface area contributed by atoms with Crippen LogP contribution in [0.15, 0.2) is 28.7 Å². The Balaban J connectivity index is 1.38. The highest BCUT2D eigenvalue weighted by Crippen LogP contribution is 2.30. The number of hydrogen-bond acceptors (Lipinski definition) is 5. The maximum Gasteiger partial charge on any atom is 0.278 e. The van der Waals surface area contributed by atoms with Crippen molar-refractivity contribution in [2.75, 3.05) is 32.7 Å². The van der Waals surface area contributed by atoms with Crippen LogP contribution in [0.2, 0.25) is 5.02 Å². The minimum atomic E-state index is 0.0938.